The average molecular weight is 374 g/mol. The number of benzene rings is 1. The van der Waals surface area contributed by atoms with Crippen LogP contribution in [0.3, 0.4) is 0 Å². The van der Waals surface area contributed by atoms with Crippen LogP contribution in [0, 0.1) is 0 Å². The van der Waals surface area contributed by atoms with Gasteiger partial charge in [0.2, 0.25) is 11.8 Å². The maximum Gasteiger partial charge on any atom is 0.248 e. The standard InChI is InChI=1S/C20H27N3O2S/c1-20-12-11-18(24)23(20)17(13-26-20)19(25)22-16-9-7-15(8-10-16)21-14-5-3-2-4-6-14/h7-10,14,17,21H,2-6,11-13H2,1H3,(H,22,25)/t17-,20-/m0/s1. The van der Waals surface area contributed by atoms with Gasteiger partial charge in [-0.3, -0.25) is 9.59 Å². The van der Waals surface area contributed by atoms with E-state index in [1.807, 2.05) is 24.3 Å². The zero-order chi connectivity index (χ0) is 18.1. The summed E-state index contributed by atoms with van der Waals surface area (Å²) in [5, 5.41) is 6.58. The van der Waals surface area contributed by atoms with Crippen molar-refractivity contribution in [3.8, 4) is 0 Å². The molecule has 2 amide bonds. The number of hydrogen-bond donors (Lipinski definition) is 2. The first-order valence-corrected chi connectivity index (χ1v) is 10.7. The van der Waals surface area contributed by atoms with Crippen molar-refractivity contribution in [3.05, 3.63) is 24.3 Å². The molecule has 1 saturated carbocycles. The van der Waals surface area contributed by atoms with Crippen LogP contribution in [0.25, 0.3) is 0 Å². The number of thioether (sulfide) groups is 1. The Hall–Kier alpha value is -1.69. The van der Waals surface area contributed by atoms with Crippen molar-refractivity contribution in [1.29, 1.82) is 0 Å². The number of nitrogens with one attached hydrogen (secondary N) is 2. The largest absolute Gasteiger partial charge is 0.382 e. The highest BCUT2D eigenvalue weighted by Gasteiger charge is 2.52. The maximum atomic E-state index is 12.7. The van der Waals surface area contributed by atoms with Crippen molar-refractivity contribution in [1.82, 2.24) is 4.90 Å². The molecular weight excluding hydrogens is 346 g/mol. The number of carbonyl (C=O) groups is 2. The first-order chi connectivity index (χ1) is 12.5. The van der Waals surface area contributed by atoms with Crippen LogP contribution in [0.15, 0.2) is 24.3 Å². The van der Waals surface area contributed by atoms with Crippen molar-refractivity contribution < 1.29 is 9.59 Å². The molecule has 2 aliphatic heterocycles. The van der Waals surface area contributed by atoms with Crippen LogP contribution >= 0.6 is 11.8 Å². The minimum Gasteiger partial charge on any atom is -0.382 e. The quantitative estimate of drug-likeness (QED) is 0.842. The summed E-state index contributed by atoms with van der Waals surface area (Å²) < 4.78 is 0. The summed E-state index contributed by atoms with van der Waals surface area (Å²) in [6.07, 6.45) is 7.82. The van der Waals surface area contributed by atoms with Gasteiger partial charge in [-0.1, -0.05) is 19.3 Å². The second-order valence-corrected chi connectivity index (χ2v) is 9.31. The lowest BCUT2D eigenvalue weighted by atomic mass is 9.95. The highest BCUT2D eigenvalue weighted by atomic mass is 32.2. The van der Waals surface area contributed by atoms with E-state index in [1.54, 1.807) is 16.7 Å². The van der Waals surface area contributed by atoms with Gasteiger partial charge in [0.1, 0.15) is 6.04 Å². The van der Waals surface area contributed by atoms with Crippen LogP contribution in [0.4, 0.5) is 11.4 Å². The van der Waals surface area contributed by atoms with Gasteiger partial charge in [-0.25, -0.2) is 0 Å². The molecule has 0 aromatic heterocycles. The molecule has 26 heavy (non-hydrogen) atoms. The molecule has 2 heterocycles. The first kappa shape index (κ1) is 17.7. The molecule has 0 radical (unpaired) electrons. The molecule has 4 rings (SSSR count). The van der Waals surface area contributed by atoms with Crippen molar-refractivity contribution in [2.75, 3.05) is 16.4 Å². The summed E-state index contributed by atoms with van der Waals surface area (Å²) in [7, 11) is 0. The fourth-order valence-electron chi connectivity index (χ4n) is 4.37. The van der Waals surface area contributed by atoms with Gasteiger partial charge in [-0.15, -0.1) is 11.8 Å². The second kappa shape index (κ2) is 7.14. The number of hydrogen-bond acceptors (Lipinski definition) is 4. The fourth-order valence-corrected chi connectivity index (χ4v) is 5.80. The zero-order valence-corrected chi connectivity index (χ0v) is 16.1. The van der Waals surface area contributed by atoms with Gasteiger partial charge >= 0.3 is 0 Å². The summed E-state index contributed by atoms with van der Waals surface area (Å²) in [4.78, 5) is 26.5. The molecule has 0 spiro atoms. The lowest BCUT2D eigenvalue weighted by Crippen LogP contribution is -2.48. The van der Waals surface area contributed by atoms with Crippen LogP contribution in [0.5, 0.6) is 0 Å². The molecule has 140 valence electrons. The predicted octanol–water partition coefficient (Wildman–Crippen LogP) is 3.82. The predicted molar refractivity (Wildman–Crippen MR) is 106 cm³/mol. The van der Waals surface area contributed by atoms with Gasteiger partial charge in [0.25, 0.3) is 0 Å². The molecule has 0 bridgehead atoms. The summed E-state index contributed by atoms with van der Waals surface area (Å²) in [6, 6.07) is 8.14. The number of rotatable bonds is 4. The smallest absolute Gasteiger partial charge is 0.248 e. The highest BCUT2D eigenvalue weighted by molar-refractivity contribution is 8.01. The molecule has 6 heteroatoms. The van der Waals surface area contributed by atoms with Crippen LogP contribution in [-0.2, 0) is 9.59 Å². The lowest BCUT2D eigenvalue weighted by molar-refractivity contribution is -0.135. The Labute approximate surface area is 159 Å². The van der Waals surface area contributed by atoms with Crippen molar-refractivity contribution in [3.63, 3.8) is 0 Å². The van der Waals surface area contributed by atoms with Crippen LogP contribution in [0.1, 0.15) is 51.9 Å². The third-order valence-corrected chi connectivity index (χ3v) is 7.38. The van der Waals surface area contributed by atoms with E-state index in [-0.39, 0.29) is 22.7 Å². The molecule has 1 aliphatic carbocycles. The molecule has 1 aromatic rings. The summed E-state index contributed by atoms with van der Waals surface area (Å²) in [5.41, 5.74) is 1.89. The van der Waals surface area contributed by atoms with Crippen LogP contribution in [-0.4, -0.2) is 39.4 Å². The van der Waals surface area contributed by atoms with Crippen LogP contribution < -0.4 is 10.6 Å². The Morgan fingerprint density at radius 3 is 2.58 bits per heavy atom. The lowest BCUT2D eigenvalue weighted by Gasteiger charge is -2.29. The third-order valence-electron chi connectivity index (χ3n) is 5.88. The van der Waals surface area contributed by atoms with E-state index in [1.165, 1.54) is 32.1 Å². The molecule has 2 atom stereocenters. The minimum absolute atomic E-state index is 0.0792. The van der Waals surface area contributed by atoms with Gasteiger partial charge in [-0.05, 0) is 50.5 Å². The zero-order valence-electron chi connectivity index (χ0n) is 15.3. The minimum atomic E-state index is -0.361. The maximum absolute atomic E-state index is 12.7. The number of carbonyl (C=O) groups excluding carboxylic acids is 2. The van der Waals surface area contributed by atoms with Crippen molar-refractivity contribution >= 4 is 35.0 Å². The van der Waals surface area contributed by atoms with Crippen molar-refractivity contribution in [2.45, 2.75) is 68.8 Å². The SMILES string of the molecule is C[C@]12CCC(=O)N1[C@H](C(=O)Nc1ccc(NC3CCCCC3)cc1)CS2. The molecule has 2 N–H and O–H groups in total. The molecule has 0 unspecified atom stereocenters. The number of amides is 2. The van der Waals surface area contributed by atoms with Gasteiger partial charge < -0.3 is 15.5 Å². The van der Waals surface area contributed by atoms with Gasteiger partial charge in [0.15, 0.2) is 0 Å². The third kappa shape index (κ3) is 3.43. The summed E-state index contributed by atoms with van der Waals surface area (Å²) in [6.45, 7) is 2.07. The number of fused-ring (bicyclic) bond motifs is 1. The van der Waals surface area contributed by atoms with Gasteiger partial charge in [0.05, 0.1) is 4.87 Å². The van der Waals surface area contributed by atoms with E-state index < -0.39 is 0 Å². The van der Waals surface area contributed by atoms with Crippen LogP contribution in [0.2, 0.25) is 0 Å². The van der Waals surface area contributed by atoms with E-state index in [4.69, 9.17) is 0 Å². The normalized spacial score (nSPS) is 28.9. The van der Waals surface area contributed by atoms with E-state index in [0.717, 1.165) is 17.8 Å². The average Bonchev–Trinajstić information content (AvgIpc) is 3.14. The fraction of sp³-hybridized carbons (Fsp3) is 0.600. The Morgan fingerprint density at radius 2 is 1.85 bits per heavy atom. The Morgan fingerprint density at radius 1 is 1.15 bits per heavy atom. The molecule has 3 aliphatic rings. The Balaban J connectivity index is 1.36. The Bertz CT molecular complexity index is 687. The molecule has 2 saturated heterocycles. The van der Waals surface area contributed by atoms with Crippen molar-refractivity contribution in [2.24, 2.45) is 0 Å². The topological polar surface area (TPSA) is 61.4 Å². The Kier molecular flexibility index (Phi) is 4.86. The number of nitrogens with zero attached hydrogens (tertiary/aromatic N) is 1. The molecule has 5 nitrogen and oxygen atoms in total. The first-order valence-electron chi connectivity index (χ1n) is 9.69. The molecule has 1 aromatic carbocycles. The summed E-state index contributed by atoms with van der Waals surface area (Å²) in [5.74, 6) is 0.698. The molecular formula is C20H27N3O2S. The van der Waals surface area contributed by atoms with E-state index in [2.05, 4.69) is 17.6 Å². The van der Waals surface area contributed by atoms with E-state index >= 15 is 0 Å². The number of anilines is 2. The van der Waals surface area contributed by atoms with Gasteiger partial charge in [0, 0.05) is 29.6 Å². The second-order valence-electron chi connectivity index (χ2n) is 7.81. The van der Waals surface area contributed by atoms with E-state index in [0.29, 0.717) is 18.2 Å². The van der Waals surface area contributed by atoms with E-state index in [9.17, 15) is 9.59 Å². The highest BCUT2D eigenvalue weighted by Crippen LogP contribution is 2.47. The molecule has 3 fully saturated rings. The van der Waals surface area contributed by atoms with Gasteiger partial charge in [-0.2, -0.15) is 0 Å². The summed E-state index contributed by atoms with van der Waals surface area (Å²) >= 11 is 1.72. The monoisotopic (exact) mass is 373 g/mol.